The lowest BCUT2D eigenvalue weighted by Crippen LogP contribution is -2.37. The third-order valence-corrected chi connectivity index (χ3v) is 4.94. The maximum absolute atomic E-state index is 5.96. The molecular formula is C19H26N4O. The molecule has 5 nitrogen and oxygen atoms in total. The molecule has 2 aliphatic heterocycles. The van der Waals surface area contributed by atoms with Crippen LogP contribution in [-0.2, 0) is 32.4 Å². The Kier molecular flexibility index (Phi) is 3.83. The van der Waals surface area contributed by atoms with E-state index >= 15 is 0 Å². The first-order valence-electron chi connectivity index (χ1n) is 8.99. The van der Waals surface area contributed by atoms with Crippen LogP contribution in [0.25, 0.3) is 0 Å². The Bertz CT molecular complexity index is 750. The fourth-order valence-electron chi connectivity index (χ4n) is 3.71. The number of hydrogen-bond acceptors (Lipinski definition) is 4. The van der Waals surface area contributed by atoms with E-state index in [1.807, 2.05) is 0 Å². The van der Waals surface area contributed by atoms with Gasteiger partial charge in [0.15, 0.2) is 5.82 Å². The Labute approximate surface area is 143 Å². The Hall–Kier alpha value is -1.88. The van der Waals surface area contributed by atoms with Crippen molar-refractivity contribution in [2.45, 2.75) is 71.2 Å². The van der Waals surface area contributed by atoms with Gasteiger partial charge in [-0.25, -0.2) is 9.67 Å². The minimum Gasteiger partial charge on any atom is -0.487 e. The van der Waals surface area contributed by atoms with Crippen molar-refractivity contribution < 1.29 is 4.74 Å². The normalized spacial score (nSPS) is 21.2. The molecule has 1 N–H and O–H groups in total. The van der Waals surface area contributed by atoms with E-state index in [9.17, 15) is 0 Å². The van der Waals surface area contributed by atoms with Crippen molar-refractivity contribution in [2.75, 3.05) is 0 Å². The first-order chi connectivity index (χ1) is 11.5. The molecule has 0 saturated carbocycles. The van der Waals surface area contributed by atoms with E-state index < -0.39 is 0 Å². The van der Waals surface area contributed by atoms with Crippen molar-refractivity contribution in [3.8, 4) is 5.75 Å². The maximum atomic E-state index is 5.96. The van der Waals surface area contributed by atoms with Gasteiger partial charge in [-0.1, -0.05) is 19.1 Å². The van der Waals surface area contributed by atoms with Gasteiger partial charge in [0.05, 0.1) is 6.54 Å². The number of benzene rings is 1. The van der Waals surface area contributed by atoms with Gasteiger partial charge in [-0.15, -0.1) is 0 Å². The van der Waals surface area contributed by atoms with E-state index in [0.717, 1.165) is 56.2 Å². The van der Waals surface area contributed by atoms with E-state index in [0.29, 0.717) is 6.04 Å². The van der Waals surface area contributed by atoms with Crippen LogP contribution in [0, 0.1) is 0 Å². The van der Waals surface area contributed by atoms with Crippen LogP contribution in [0.2, 0.25) is 0 Å². The molecule has 5 heteroatoms. The second-order valence-corrected chi connectivity index (χ2v) is 7.58. The molecule has 3 heterocycles. The summed E-state index contributed by atoms with van der Waals surface area (Å²) in [6.45, 7) is 8.21. The summed E-state index contributed by atoms with van der Waals surface area (Å²) < 4.78 is 8.04. The Morgan fingerprint density at radius 3 is 3.08 bits per heavy atom. The molecule has 0 saturated heterocycles. The van der Waals surface area contributed by atoms with Crippen molar-refractivity contribution in [1.82, 2.24) is 20.1 Å². The van der Waals surface area contributed by atoms with E-state index in [1.165, 1.54) is 11.1 Å². The predicted octanol–water partition coefficient (Wildman–Crippen LogP) is 2.66. The van der Waals surface area contributed by atoms with E-state index in [1.54, 1.807) is 0 Å². The molecule has 1 aromatic carbocycles. The van der Waals surface area contributed by atoms with Crippen LogP contribution in [-0.4, -0.2) is 26.4 Å². The van der Waals surface area contributed by atoms with Crippen molar-refractivity contribution in [1.29, 1.82) is 0 Å². The highest BCUT2D eigenvalue weighted by Gasteiger charge is 2.30. The second-order valence-electron chi connectivity index (χ2n) is 7.58. The van der Waals surface area contributed by atoms with Gasteiger partial charge in [0, 0.05) is 31.8 Å². The Morgan fingerprint density at radius 1 is 1.38 bits per heavy atom. The summed E-state index contributed by atoms with van der Waals surface area (Å²) >= 11 is 0. The monoisotopic (exact) mass is 326 g/mol. The quantitative estimate of drug-likeness (QED) is 0.938. The summed E-state index contributed by atoms with van der Waals surface area (Å²) in [6, 6.07) is 7.04. The number of aryl methyl sites for hydroxylation is 2. The van der Waals surface area contributed by atoms with Crippen molar-refractivity contribution in [2.24, 2.45) is 0 Å². The van der Waals surface area contributed by atoms with Crippen LogP contribution in [0.5, 0.6) is 5.75 Å². The van der Waals surface area contributed by atoms with Crippen LogP contribution in [0.4, 0.5) is 0 Å². The van der Waals surface area contributed by atoms with Crippen LogP contribution in [0.15, 0.2) is 18.2 Å². The van der Waals surface area contributed by atoms with Gasteiger partial charge in [-0.2, -0.15) is 5.10 Å². The molecule has 2 aliphatic rings. The van der Waals surface area contributed by atoms with Gasteiger partial charge in [0.1, 0.15) is 17.2 Å². The molecule has 0 fully saturated rings. The number of rotatable bonds is 4. The highest BCUT2D eigenvalue weighted by atomic mass is 16.5. The van der Waals surface area contributed by atoms with Crippen LogP contribution < -0.4 is 10.1 Å². The summed E-state index contributed by atoms with van der Waals surface area (Å²) in [5, 5.41) is 8.28. The van der Waals surface area contributed by atoms with Gasteiger partial charge >= 0.3 is 0 Å². The van der Waals surface area contributed by atoms with E-state index in [-0.39, 0.29) is 5.60 Å². The molecule has 0 bridgehead atoms. The molecule has 0 amide bonds. The highest BCUT2D eigenvalue weighted by molar-refractivity contribution is 5.41. The number of fused-ring (bicyclic) bond motifs is 2. The Balaban J connectivity index is 1.38. The molecule has 0 radical (unpaired) electrons. The standard InChI is InChI=1S/C19H26N4O/c1-4-17-21-18-8-6-15(12-23(18)22-17)20-11-13-5-7-16-14(9-13)10-19(2,3)24-16/h5,7,9,15,20H,4,6,8,10-12H2,1-3H3. The van der Waals surface area contributed by atoms with Crippen molar-refractivity contribution in [3.63, 3.8) is 0 Å². The molecule has 4 rings (SSSR count). The molecule has 128 valence electrons. The minimum atomic E-state index is -0.0712. The SMILES string of the molecule is CCc1nc2n(n1)CC(NCc1ccc3c(c1)CC(C)(C)O3)CC2. The molecule has 0 spiro atoms. The third-order valence-electron chi connectivity index (χ3n) is 4.94. The lowest BCUT2D eigenvalue weighted by Gasteiger charge is -2.23. The zero-order valence-electron chi connectivity index (χ0n) is 14.8. The summed E-state index contributed by atoms with van der Waals surface area (Å²) in [4.78, 5) is 4.59. The molecule has 0 aliphatic carbocycles. The third kappa shape index (κ3) is 3.05. The molecule has 1 aromatic heterocycles. The zero-order chi connectivity index (χ0) is 16.7. The molecule has 1 atom stereocenters. The predicted molar refractivity (Wildman–Crippen MR) is 93.2 cm³/mol. The number of aromatic nitrogens is 3. The molecule has 1 unspecified atom stereocenters. The number of nitrogens with one attached hydrogen (secondary N) is 1. The highest BCUT2D eigenvalue weighted by Crippen LogP contribution is 2.35. The fraction of sp³-hybridized carbons (Fsp3) is 0.579. The zero-order valence-corrected chi connectivity index (χ0v) is 14.8. The van der Waals surface area contributed by atoms with Gasteiger partial charge in [0.2, 0.25) is 0 Å². The molecule has 24 heavy (non-hydrogen) atoms. The molecule has 2 aromatic rings. The lowest BCUT2D eigenvalue weighted by atomic mass is 10.00. The fourth-order valence-corrected chi connectivity index (χ4v) is 3.71. The van der Waals surface area contributed by atoms with Crippen molar-refractivity contribution >= 4 is 0 Å². The average molecular weight is 326 g/mol. The van der Waals surface area contributed by atoms with E-state index in [4.69, 9.17) is 4.74 Å². The minimum absolute atomic E-state index is 0.0712. The van der Waals surface area contributed by atoms with Crippen LogP contribution >= 0.6 is 0 Å². The smallest absolute Gasteiger partial charge is 0.150 e. The summed E-state index contributed by atoms with van der Waals surface area (Å²) in [7, 11) is 0. The largest absolute Gasteiger partial charge is 0.487 e. The Morgan fingerprint density at radius 2 is 2.25 bits per heavy atom. The number of ether oxygens (including phenoxy) is 1. The second kappa shape index (κ2) is 5.88. The van der Waals surface area contributed by atoms with Gasteiger partial charge in [-0.05, 0) is 37.5 Å². The first kappa shape index (κ1) is 15.6. The van der Waals surface area contributed by atoms with Crippen molar-refractivity contribution in [3.05, 3.63) is 41.0 Å². The topological polar surface area (TPSA) is 52.0 Å². The summed E-state index contributed by atoms with van der Waals surface area (Å²) in [5.41, 5.74) is 2.58. The average Bonchev–Trinajstić information content (AvgIpc) is 3.10. The van der Waals surface area contributed by atoms with Crippen LogP contribution in [0.3, 0.4) is 0 Å². The molecular weight excluding hydrogens is 300 g/mol. The first-order valence-corrected chi connectivity index (χ1v) is 8.99. The summed E-state index contributed by atoms with van der Waals surface area (Å²) in [6.07, 6.45) is 4.03. The summed E-state index contributed by atoms with van der Waals surface area (Å²) in [5.74, 6) is 3.15. The number of hydrogen-bond donors (Lipinski definition) is 1. The maximum Gasteiger partial charge on any atom is 0.150 e. The lowest BCUT2D eigenvalue weighted by molar-refractivity contribution is 0.138. The number of nitrogens with zero attached hydrogens (tertiary/aromatic N) is 3. The van der Waals surface area contributed by atoms with Gasteiger partial charge < -0.3 is 10.1 Å². The van der Waals surface area contributed by atoms with Gasteiger partial charge in [0.25, 0.3) is 0 Å². The van der Waals surface area contributed by atoms with Crippen LogP contribution in [0.1, 0.15) is 50.0 Å². The van der Waals surface area contributed by atoms with E-state index in [2.05, 4.69) is 59.1 Å². The van der Waals surface area contributed by atoms with Gasteiger partial charge in [-0.3, -0.25) is 0 Å².